The molecule has 0 radical (unpaired) electrons. The lowest BCUT2D eigenvalue weighted by molar-refractivity contribution is 0.000731. The number of aromatic nitrogens is 1. The fourth-order valence-electron chi connectivity index (χ4n) is 4.81. The van der Waals surface area contributed by atoms with Crippen LogP contribution in [-0.4, -0.2) is 79.2 Å². The predicted octanol–water partition coefficient (Wildman–Crippen LogP) is 3.84. The standard InChI is InChI=1S/C32H35FN6O3/c1-21-4-7-24(14-23(21)8-5-22-6-11-30(34-16-22)37-32(41)36-27-19-42-20-27)31(40)35-26-10-9-25(29(33)15-26)17-39-13-12-28(18-39)38(2)3/h4,6-7,9-11,14-16,27-28H,12-13,17-20H2,1-3H3,(H,35,40)(H2,34,36,37,41). The van der Waals surface area contributed by atoms with Crippen LogP contribution in [0.25, 0.3) is 0 Å². The molecule has 9 nitrogen and oxygen atoms in total. The van der Waals surface area contributed by atoms with E-state index in [1.165, 1.54) is 6.07 Å². The molecule has 42 heavy (non-hydrogen) atoms. The van der Waals surface area contributed by atoms with Gasteiger partial charge in [-0.05, 0) is 69.4 Å². The van der Waals surface area contributed by atoms with Gasteiger partial charge in [0.25, 0.3) is 5.91 Å². The number of halogens is 1. The number of ether oxygens (including phenoxy) is 1. The number of nitrogens with zero attached hydrogens (tertiary/aromatic N) is 3. The number of benzene rings is 2. The molecule has 1 unspecified atom stereocenters. The highest BCUT2D eigenvalue weighted by molar-refractivity contribution is 6.04. The number of carbonyl (C=O) groups is 2. The van der Waals surface area contributed by atoms with Crippen LogP contribution in [0, 0.1) is 24.6 Å². The highest BCUT2D eigenvalue weighted by atomic mass is 19.1. The minimum atomic E-state index is -0.345. The van der Waals surface area contributed by atoms with Gasteiger partial charge in [-0.1, -0.05) is 24.0 Å². The molecule has 1 atom stereocenters. The van der Waals surface area contributed by atoms with Gasteiger partial charge in [-0.25, -0.2) is 14.2 Å². The number of rotatable bonds is 7. The summed E-state index contributed by atoms with van der Waals surface area (Å²) in [7, 11) is 4.14. The Morgan fingerprint density at radius 2 is 1.93 bits per heavy atom. The third-order valence-corrected chi connectivity index (χ3v) is 7.50. The lowest BCUT2D eigenvalue weighted by Crippen LogP contribution is -2.50. The number of carbonyl (C=O) groups excluding carboxylic acids is 2. The molecule has 2 aliphatic heterocycles. The molecule has 2 saturated heterocycles. The van der Waals surface area contributed by atoms with Crippen LogP contribution >= 0.6 is 0 Å². The van der Waals surface area contributed by atoms with Crippen LogP contribution in [0.3, 0.4) is 0 Å². The number of hydrogen-bond acceptors (Lipinski definition) is 6. The fraction of sp³-hybridized carbons (Fsp3) is 0.344. The Labute approximate surface area is 245 Å². The summed E-state index contributed by atoms with van der Waals surface area (Å²) >= 11 is 0. The molecular weight excluding hydrogens is 535 g/mol. The molecule has 3 amide bonds. The fourth-order valence-corrected chi connectivity index (χ4v) is 4.81. The zero-order chi connectivity index (χ0) is 29.6. The Morgan fingerprint density at radius 3 is 2.60 bits per heavy atom. The molecule has 1 aromatic heterocycles. The second-order valence-corrected chi connectivity index (χ2v) is 10.9. The summed E-state index contributed by atoms with van der Waals surface area (Å²) in [4.78, 5) is 33.7. The van der Waals surface area contributed by atoms with Gasteiger partial charge in [-0.15, -0.1) is 0 Å². The number of amides is 3. The van der Waals surface area contributed by atoms with Gasteiger partial charge in [-0.2, -0.15) is 0 Å². The average molecular weight is 571 g/mol. The summed E-state index contributed by atoms with van der Waals surface area (Å²) < 4.78 is 19.9. The normalized spacial score (nSPS) is 16.8. The van der Waals surface area contributed by atoms with Crippen LogP contribution in [0.4, 0.5) is 20.7 Å². The average Bonchev–Trinajstić information content (AvgIpc) is 3.42. The Morgan fingerprint density at radius 1 is 1.10 bits per heavy atom. The minimum Gasteiger partial charge on any atom is -0.377 e. The van der Waals surface area contributed by atoms with Gasteiger partial charge in [0.1, 0.15) is 11.6 Å². The third kappa shape index (κ3) is 7.50. The van der Waals surface area contributed by atoms with Crippen molar-refractivity contribution in [3.8, 4) is 11.8 Å². The lowest BCUT2D eigenvalue weighted by Gasteiger charge is -2.26. The Balaban J connectivity index is 1.19. The molecule has 5 rings (SSSR count). The maximum absolute atomic E-state index is 14.9. The maximum atomic E-state index is 14.9. The predicted molar refractivity (Wildman–Crippen MR) is 160 cm³/mol. The van der Waals surface area contributed by atoms with Crippen molar-refractivity contribution >= 4 is 23.4 Å². The highest BCUT2D eigenvalue weighted by Gasteiger charge is 2.24. The minimum absolute atomic E-state index is 0.0272. The molecule has 2 aliphatic rings. The molecule has 10 heteroatoms. The van der Waals surface area contributed by atoms with Gasteiger partial charge in [-0.3, -0.25) is 15.0 Å². The number of likely N-dealkylation sites (N-methyl/N-ethyl adjacent to an activating group) is 1. The van der Waals surface area contributed by atoms with E-state index >= 15 is 0 Å². The Bertz CT molecular complexity index is 1510. The number of pyridine rings is 1. The van der Waals surface area contributed by atoms with E-state index in [0.29, 0.717) is 59.6 Å². The summed E-state index contributed by atoms with van der Waals surface area (Å²) in [5.74, 6) is 5.89. The maximum Gasteiger partial charge on any atom is 0.320 e. The van der Waals surface area contributed by atoms with Gasteiger partial charge in [0.15, 0.2) is 0 Å². The number of likely N-dealkylation sites (tertiary alicyclic amines) is 1. The van der Waals surface area contributed by atoms with Gasteiger partial charge in [0.05, 0.1) is 19.3 Å². The van der Waals surface area contributed by atoms with Gasteiger partial charge < -0.3 is 20.3 Å². The van der Waals surface area contributed by atoms with Crippen molar-refractivity contribution in [1.82, 2.24) is 20.1 Å². The summed E-state index contributed by atoms with van der Waals surface area (Å²) in [5.41, 5.74) is 3.69. The van der Waals surface area contributed by atoms with Gasteiger partial charge >= 0.3 is 6.03 Å². The summed E-state index contributed by atoms with van der Waals surface area (Å²) in [6, 6.07) is 13.7. The topological polar surface area (TPSA) is 98.8 Å². The second-order valence-electron chi connectivity index (χ2n) is 10.9. The molecule has 2 fully saturated rings. The first-order valence-corrected chi connectivity index (χ1v) is 14.0. The third-order valence-electron chi connectivity index (χ3n) is 7.50. The van der Waals surface area contributed by atoms with Crippen molar-refractivity contribution in [2.24, 2.45) is 0 Å². The lowest BCUT2D eigenvalue weighted by atomic mass is 10.0. The van der Waals surface area contributed by atoms with Crippen molar-refractivity contribution in [3.05, 3.63) is 88.4 Å². The molecule has 0 aliphatic carbocycles. The number of anilines is 2. The molecule has 218 valence electrons. The summed E-state index contributed by atoms with van der Waals surface area (Å²) in [5, 5.41) is 8.27. The number of urea groups is 1. The Kier molecular flexibility index (Phi) is 9.12. The number of hydrogen-bond donors (Lipinski definition) is 3. The van der Waals surface area contributed by atoms with Gasteiger partial charge in [0, 0.05) is 59.8 Å². The van der Waals surface area contributed by atoms with Crippen LogP contribution in [0.1, 0.15) is 39.0 Å². The molecule has 3 aromatic rings. The Hall–Kier alpha value is -4.30. The number of aryl methyl sites for hydroxylation is 1. The largest absolute Gasteiger partial charge is 0.377 e. The first-order chi connectivity index (χ1) is 20.2. The van der Waals surface area contributed by atoms with E-state index in [1.807, 2.05) is 13.0 Å². The smallest absolute Gasteiger partial charge is 0.320 e. The van der Waals surface area contributed by atoms with E-state index in [9.17, 15) is 14.0 Å². The molecule has 3 N–H and O–H groups in total. The van der Waals surface area contributed by atoms with Crippen molar-refractivity contribution in [3.63, 3.8) is 0 Å². The van der Waals surface area contributed by atoms with Crippen LogP contribution < -0.4 is 16.0 Å². The zero-order valence-corrected chi connectivity index (χ0v) is 24.0. The van der Waals surface area contributed by atoms with Crippen molar-refractivity contribution < 1.29 is 18.7 Å². The van der Waals surface area contributed by atoms with E-state index < -0.39 is 0 Å². The molecule has 0 spiro atoms. The summed E-state index contributed by atoms with van der Waals surface area (Å²) in [6.45, 7) is 5.34. The van der Waals surface area contributed by atoms with Crippen molar-refractivity contribution in [1.29, 1.82) is 0 Å². The van der Waals surface area contributed by atoms with E-state index in [4.69, 9.17) is 4.74 Å². The first kappa shape index (κ1) is 29.2. The molecule has 0 saturated carbocycles. The molecule has 2 aromatic carbocycles. The first-order valence-electron chi connectivity index (χ1n) is 14.0. The van der Waals surface area contributed by atoms with Crippen LogP contribution in [-0.2, 0) is 11.3 Å². The van der Waals surface area contributed by atoms with E-state index in [-0.39, 0.29) is 23.8 Å². The summed E-state index contributed by atoms with van der Waals surface area (Å²) in [6.07, 6.45) is 2.65. The monoisotopic (exact) mass is 570 g/mol. The van der Waals surface area contributed by atoms with Crippen LogP contribution in [0.15, 0.2) is 54.7 Å². The number of nitrogens with one attached hydrogen (secondary N) is 3. The van der Waals surface area contributed by atoms with Crippen molar-refractivity contribution in [2.75, 3.05) is 51.0 Å². The van der Waals surface area contributed by atoms with Crippen LogP contribution in [0.5, 0.6) is 0 Å². The second kappa shape index (κ2) is 13.1. The highest BCUT2D eigenvalue weighted by Crippen LogP contribution is 2.21. The molecule has 0 bridgehead atoms. The molecule has 3 heterocycles. The van der Waals surface area contributed by atoms with Crippen molar-refractivity contribution in [2.45, 2.75) is 32.0 Å². The van der Waals surface area contributed by atoms with E-state index in [1.54, 1.807) is 42.6 Å². The molecular formula is C32H35FN6O3. The SMILES string of the molecule is Cc1ccc(C(=O)Nc2ccc(CN3CCC(N(C)C)C3)c(F)c2)cc1C#Cc1ccc(NC(=O)NC2COC2)nc1. The zero-order valence-electron chi connectivity index (χ0n) is 24.0. The van der Waals surface area contributed by atoms with E-state index in [0.717, 1.165) is 25.1 Å². The quantitative estimate of drug-likeness (QED) is 0.374. The van der Waals surface area contributed by atoms with Crippen LogP contribution in [0.2, 0.25) is 0 Å². The van der Waals surface area contributed by atoms with E-state index in [2.05, 4.69) is 56.7 Å². The van der Waals surface area contributed by atoms with Gasteiger partial charge in [0.2, 0.25) is 0 Å².